The fourth-order valence-corrected chi connectivity index (χ4v) is 3.35. The van der Waals surface area contributed by atoms with Crippen molar-refractivity contribution in [3.05, 3.63) is 55.9 Å². The van der Waals surface area contributed by atoms with E-state index >= 15 is 0 Å². The van der Waals surface area contributed by atoms with E-state index in [0.717, 1.165) is 40.9 Å². The number of carbonyl (C=O) groups is 1. The number of aromatic carboxylic acids is 1. The SMILES string of the molecule is O=C(O)c1cccc2c1CCN(Cc1cc(Br)c(Br)o1)C2. The van der Waals surface area contributed by atoms with Crippen LogP contribution in [0.2, 0.25) is 0 Å². The van der Waals surface area contributed by atoms with Crippen molar-refractivity contribution in [2.24, 2.45) is 0 Å². The predicted octanol–water partition coefficient (Wildman–Crippen LogP) is 4.06. The van der Waals surface area contributed by atoms with Crippen molar-refractivity contribution in [2.45, 2.75) is 19.5 Å². The molecule has 0 radical (unpaired) electrons. The summed E-state index contributed by atoms with van der Waals surface area (Å²) in [6.45, 7) is 2.28. The van der Waals surface area contributed by atoms with E-state index in [4.69, 9.17) is 4.42 Å². The van der Waals surface area contributed by atoms with Gasteiger partial charge in [0.05, 0.1) is 16.6 Å². The zero-order chi connectivity index (χ0) is 15.0. The lowest BCUT2D eigenvalue weighted by Crippen LogP contribution is -2.31. The second kappa shape index (κ2) is 5.94. The lowest BCUT2D eigenvalue weighted by atomic mass is 9.94. The molecule has 0 aliphatic carbocycles. The van der Waals surface area contributed by atoms with Gasteiger partial charge in [-0.15, -0.1) is 0 Å². The highest BCUT2D eigenvalue weighted by Crippen LogP contribution is 2.29. The molecule has 2 heterocycles. The van der Waals surface area contributed by atoms with E-state index in [0.29, 0.717) is 16.8 Å². The molecule has 110 valence electrons. The molecule has 0 saturated heterocycles. The van der Waals surface area contributed by atoms with Crippen LogP contribution < -0.4 is 0 Å². The summed E-state index contributed by atoms with van der Waals surface area (Å²) in [5.74, 6) is 0.0331. The molecule has 0 saturated carbocycles. The average molecular weight is 415 g/mol. The summed E-state index contributed by atoms with van der Waals surface area (Å²) in [4.78, 5) is 13.5. The molecule has 1 aliphatic heterocycles. The van der Waals surface area contributed by atoms with Gasteiger partial charge in [0.25, 0.3) is 0 Å². The van der Waals surface area contributed by atoms with Crippen LogP contribution in [0.4, 0.5) is 0 Å². The smallest absolute Gasteiger partial charge is 0.335 e. The fraction of sp³-hybridized carbons (Fsp3) is 0.267. The molecular weight excluding hydrogens is 402 g/mol. The Morgan fingerprint density at radius 2 is 2.19 bits per heavy atom. The van der Waals surface area contributed by atoms with E-state index in [9.17, 15) is 9.90 Å². The monoisotopic (exact) mass is 413 g/mol. The Kier molecular flexibility index (Phi) is 4.19. The highest BCUT2D eigenvalue weighted by atomic mass is 79.9. The lowest BCUT2D eigenvalue weighted by Gasteiger charge is -2.28. The standard InChI is InChI=1S/C15H13Br2NO3/c16-13-6-10(21-14(13)17)8-18-5-4-11-9(7-18)2-1-3-12(11)15(19)20/h1-3,6H,4-5,7-8H2,(H,19,20). The Morgan fingerprint density at radius 3 is 2.86 bits per heavy atom. The molecule has 21 heavy (non-hydrogen) atoms. The van der Waals surface area contributed by atoms with Gasteiger partial charge in [-0.05, 0) is 61.5 Å². The summed E-state index contributed by atoms with van der Waals surface area (Å²) >= 11 is 6.74. The maximum Gasteiger partial charge on any atom is 0.335 e. The van der Waals surface area contributed by atoms with Gasteiger partial charge >= 0.3 is 5.97 Å². The van der Waals surface area contributed by atoms with Crippen molar-refractivity contribution < 1.29 is 14.3 Å². The minimum atomic E-state index is -0.848. The molecule has 1 aromatic carbocycles. The summed E-state index contributed by atoms with van der Waals surface area (Å²) < 4.78 is 7.20. The molecule has 0 spiro atoms. The van der Waals surface area contributed by atoms with Crippen molar-refractivity contribution in [1.29, 1.82) is 0 Å². The van der Waals surface area contributed by atoms with E-state index in [2.05, 4.69) is 36.8 Å². The first-order valence-corrected chi connectivity index (χ1v) is 8.13. The van der Waals surface area contributed by atoms with Gasteiger partial charge in [0.15, 0.2) is 4.67 Å². The number of carboxylic acid groups (broad SMARTS) is 1. The third-order valence-corrected chi connectivity index (χ3v) is 5.36. The molecule has 0 unspecified atom stereocenters. The van der Waals surface area contributed by atoms with Crippen LogP contribution in [0, 0.1) is 0 Å². The topological polar surface area (TPSA) is 53.7 Å². The number of hydrogen-bond donors (Lipinski definition) is 1. The van der Waals surface area contributed by atoms with Crippen LogP contribution >= 0.6 is 31.9 Å². The number of furan rings is 1. The van der Waals surface area contributed by atoms with Crippen molar-refractivity contribution in [3.63, 3.8) is 0 Å². The zero-order valence-electron chi connectivity index (χ0n) is 11.1. The van der Waals surface area contributed by atoms with Crippen molar-refractivity contribution in [1.82, 2.24) is 4.90 Å². The Balaban J connectivity index is 1.78. The number of fused-ring (bicyclic) bond motifs is 1. The number of carboxylic acids is 1. The van der Waals surface area contributed by atoms with Crippen molar-refractivity contribution in [3.8, 4) is 0 Å². The molecule has 0 atom stereocenters. The second-order valence-electron chi connectivity index (χ2n) is 5.04. The Bertz CT molecular complexity index is 677. The number of benzene rings is 1. The normalized spacial score (nSPS) is 15.0. The van der Waals surface area contributed by atoms with Gasteiger partial charge in [0.1, 0.15) is 5.76 Å². The average Bonchev–Trinajstić information content (AvgIpc) is 2.76. The van der Waals surface area contributed by atoms with Gasteiger partial charge < -0.3 is 9.52 Å². The number of halogens is 2. The summed E-state index contributed by atoms with van der Waals surface area (Å²) in [7, 11) is 0. The van der Waals surface area contributed by atoms with E-state index in [1.807, 2.05) is 18.2 Å². The Morgan fingerprint density at radius 1 is 1.38 bits per heavy atom. The first kappa shape index (κ1) is 14.8. The molecule has 1 aliphatic rings. The van der Waals surface area contributed by atoms with Gasteiger partial charge in [-0.1, -0.05) is 12.1 Å². The van der Waals surface area contributed by atoms with Crippen molar-refractivity contribution in [2.75, 3.05) is 6.54 Å². The Hall–Kier alpha value is -1.11. The van der Waals surface area contributed by atoms with Gasteiger partial charge in [0, 0.05) is 13.1 Å². The number of nitrogens with zero attached hydrogens (tertiary/aromatic N) is 1. The van der Waals surface area contributed by atoms with Gasteiger partial charge in [-0.25, -0.2) is 4.79 Å². The molecule has 1 aromatic heterocycles. The van der Waals surface area contributed by atoms with E-state index in [1.165, 1.54) is 0 Å². The van der Waals surface area contributed by atoms with E-state index in [-0.39, 0.29) is 0 Å². The van der Waals surface area contributed by atoms with Crippen LogP contribution in [-0.2, 0) is 19.5 Å². The molecule has 0 bridgehead atoms. The largest absolute Gasteiger partial charge is 0.478 e. The summed E-state index contributed by atoms with van der Waals surface area (Å²) in [5, 5.41) is 9.24. The molecule has 6 heteroatoms. The van der Waals surface area contributed by atoms with E-state index < -0.39 is 5.97 Å². The predicted molar refractivity (Wildman–Crippen MR) is 85.3 cm³/mol. The number of hydrogen-bond acceptors (Lipinski definition) is 3. The summed E-state index contributed by atoms with van der Waals surface area (Å²) in [6.07, 6.45) is 0.751. The third kappa shape index (κ3) is 3.07. The minimum absolute atomic E-state index is 0.427. The molecular formula is C15H13Br2NO3. The number of rotatable bonds is 3. The van der Waals surface area contributed by atoms with Gasteiger partial charge in [0.2, 0.25) is 0 Å². The Labute approximate surface area is 139 Å². The highest BCUT2D eigenvalue weighted by Gasteiger charge is 2.22. The maximum atomic E-state index is 11.2. The third-order valence-electron chi connectivity index (χ3n) is 3.65. The van der Waals surface area contributed by atoms with Crippen LogP contribution in [-0.4, -0.2) is 22.5 Å². The first-order chi connectivity index (χ1) is 10.0. The molecule has 4 nitrogen and oxygen atoms in total. The fourth-order valence-electron chi connectivity index (χ4n) is 2.69. The summed E-state index contributed by atoms with van der Waals surface area (Å²) in [6, 6.07) is 7.44. The van der Waals surface area contributed by atoms with Crippen LogP contribution in [0.1, 0.15) is 27.2 Å². The molecule has 0 fully saturated rings. The molecule has 0 amide bonds. The minimum Gasteiger partial charge on any atom is -0.478 e. The quantitative estimate of drug-likeness (QED) is 0.822. The van der Waals surface area contributed by atoms with Crippen LogP contribution in [0.15, 0.2) is 37.8 Å². The lowest BCUT2D eigenvalue weighted by molar-refractivity contribution is 0.0694. The van der Waals surface area contributed by atoms with Crippen LogP contribution in [0.5, 0.6) is 0 Å². The molecule has 3 rings (SSSR count). The van der Waals surface area contributed by atoms with Crippen molar-refractivity contribution >= 4 is 37.8 Å². The second-order valence-corrected chi connectivity index (χ2v) is 6.62. The van der Waals surface area contributed by atoms with Gasteiger partial charge in [-0.2, -0.15) is 0 Å². The first-order valence-electron chi connectivity index (χ1n) is 6.54. The molecule has 2 aromatic rings. The maximum absolute atomic E-state index is 11.2. The van der Waals surface area contributed by atoms with E-state index in [1.54, 1.807) is 6.07 Å². The zero-order valence-corrected chi connectivity index (χ0v) is 14.3. The van der Waals surface area contributed by atoms with Crippen LogP contribution in [0.3, 0.4) is 0 Å². The molecule has 1 N–H and O–H groups in total. The van der Waals surface area contributed by atoms with Crippen LogP contribution in [0.25, 0.3) is 0 Å². The van der Waals surface area contributed by atoms with Gasteiger partial charge in [-0.3, -0.25) is 4.90 Å². The summed E-state index contributed by atoms with van der Waals surface area (Å²) in [5.41, 5.74) is 2.48. The highest BCUT2D eigenvalue weighted by molar-refractivity contribution is 9.13.